The van der Waals surface area contributed by atoms with Crippen molar-refractivity contribution in [1.82, 2.24) is 0 Å². The predicted molar refractivity (Wildman–Crippen MR) is 61.5 cm³/mol. The maximum Gasteiger partial charge on any atom is 0.166 e. The van der Waals surface area contributed by atoms with Gasteiger partial charge in [0, 0.05) is 11.1 Å². The molecule has 0 saturated heterocycles. The van der Waals surface area contributed by atoms with Gasteiger partial charge >= 0.3 is 0 Å². The van der Waals surface area contributed by atoms with E-state index in [2.05, 4.69) is 0 Å². The molecule has 0 saturated carbocycles. The molecule has 0 N–H and O–H groups in total. The van der Waals surface area contributed by atoms with Crippen LogP contribution in [0.3, 0.4) is 0 Å². The molecule has 3 heteroatoms. The highest BCUT2D eigenvalue weighted by molar-refractivity contribution is 6.34. The molecule has 0 heterocycles. The lowest BCUT2D eigenvalue weighted by Crippen LogP contribution is -1.90. The third kappa shape index (κ3) is 1.81. The van der Waals surface area contributed by atoms with Crippen LogP contribution in [0.1, 0.15) is 5.56 Å². The minimum atomic E-state index is -0.866. The molecule has 0 aromatic heterocycles. The number of benzene rings is 2. The second kappa shape index (κ2) is 4.22. The van der Waals surface area contributed by atoms with Crippen LogP contribution in [0.5, 0.6) is 0 Å². The largest absolute Gasteiger partial charge is 0.204 e. The summed E-state index contributed by atoms with van der Waals surface area (Å²) in [4.78, 5) is 0. The SMILES string of the molecule is Cc1cccc(-c2cccc(F)c2F)c1Cl. The summed E-state index contributed by atoms with van der Waals surface area (Å²) in [6, 6.07) is 9.32. The number of halogens is 3. The third-order valence-corrected chi connectivity index (χ3v) is 2.94. The Morgan fingerprint density at radius 1 is 0.938 bits per heavy atom. The molecular weight excluding hydrogens is 230 g/mol. The van der Waals surface area contributed by atoms with Gasteiger partial charge in [-0.15, -0.1) is 0 Å². The molecule has 2 rings (SSSR count). The monoisotopic (exact) mass is 238 g/mol. The fourth-order valence-corrected chi connectivity index (χ4v) is 1.80. The van der Waals surface area contributed by atoms with E-state index in [1.165, 1.54) is 12.1 Å². The Morgan fingerprint density at radius 2 is 1.56 bits per heavy atom. The summed E-state index contributed by atoms with van der Waals surface area (Å²) in [5.74, 6) is -1.73. The lowest BCUT2D eigenvalue weighted by atomic mass is 10.0. The van der Waals surface area contributed by atoms with Gasteiger partial charge in [0.1, 0.15) is 0 Å². The van der Waals surface area contributed by atoms with Crippen molar-refractivity contribution < 1.29 is 8.78 Å². The van der Waals surface area contributed by atoms with Crippen molar-refractivity contribution in [2.24, 2.45) is 0 Å². The van der Waals surface area contributed by atoms with E-state index in [1.54, 1.807) is 12.1 Å². The van der Waals surface area contributed by atoms with Crippen LogP contribution in [0.25, 0.3) is 11.1 Å². The zero-order chi connectivity index (χ0) is 11.7. The van der Waals surface area contributed by atoms with Gasteiger partial charge in [-0.05, 0) is 18.6 Å². The summed E-state index contributed by atoms with van der Waals surface area (Å²) < 4.78 is 26.6. The predicted octanol–water partition coefficient (Wildman–Crippen LogP) is 4.59. The molecule has 0 bridgehead atoms. The van der Waals surface area contributed by atoms with Crippen molar-refractivity contribution in [3.05, 3.63) is 58.6 Å². The van der Waals surface area contributed by atoms with Crippen molar-refractivity contribution in [2.45, 2.75) is 6.92 Å². The molecule has 0 amide bonds. The first kappa shape index (κ1) is 11.1. The van der Waals surface area contributed by atoms with Gasteiger partial charge in [-0.3, -0.25) is 0 Å². The lowest BCUT2D eigenvalue weighted by molar-refractivity contribution is 0.511. The van der Waals surface area contributed by atoms with Gasteiger partial charge in [0.05, 0.1) is 5.02 Å². The maximum absolute atomic E-state index is 13.6. The van der Waals surface area contributed by atoms with Gasteiger partial charge in [-0.25, -0.2) is 8.78 Å². The molecule has 0 aliphatic carbocycles. The molecule has 82 valence electrons. The van der Waals surface area contributed by atoms with E-state index in [-0.39, 0.29) is 5.56 Å². The molecule has 0 unspecified atom stereocenters. The topological polar surface area (TPSA) is 0 Å². The van der Waals surface area contributed by atoms with Gasteiger partial charge in [0.15, 0.2) is 11.6 Å². The lowest BCUT2D eigenvalue weighted by Gasteiger charge is -2.08. The second-order valence-electron chi connectivity index (χ2n) is 3.54. The second-order valence-corrected chi connectivity index (χ2v) is 3.92. The highest BCUT2D eigenvalue weighted by Crippen LogP contribution is 2.32. The van der Waals surface area contributed by atoms with E-state index in [0.29, 0.717) is 10.6 Å². The number of aryl methyl sites for hydroxylation is 1. The molecule has 2 aromatic rings. The standard InChI is InChI=1S/C13H9ClF2/c1-8-4-2-5-9(12(8)14)10-6-3-7-11(15)13(10)16/h2-7H,1H3. The Kier molecular flexibility index (Phi) is 2.92. The van der Waals surface area contributed by atoms with E-state index in [1.807, 2.05) is 13.0 Å². The van der Waals surface area contributed by atoms with Crippen molar-refractivity contribution >= 4 is 11.6 Å². The molecule has 0 radical (unpaired) electrons. The van der Waals surface area contributed by atoms with Crippen molar-refractivity contribution in [3.8, 4) is 11.1 Å². The van der Waals surface area contributed by atoms with Gasteiger partial charge < -0.3 is 0 Å². The summed E-state index contributed by atoms with van der Waals surface area (Å²) in [7, 11) is 0. The summed E-state index contributed by atoms with van der Waals surface area (Å²) in [5.41, 5.74) is 1.54. The van der Waals surface area contributed by atoms with E-state index >= 15 is 0 Å². The van der Waals surface area contributed by atoms with Gasteiger partial charge in [0.2, 0.25) is 0 Å². The van der Waals surface area contributed by atoms with Crippen molar-refractivity contribution in [2.75, 3.05) is 0 Å². The van der Waals surface area contributed by atoms with Gasteiger partial charge in [-0.1, -0.05) is 41.9 Å². The first-order valence-corrected chi connectivity index (χ1v) is 5.18. The number of rotatable bonds is 1. The van der Waals surface area contributed by atoms with E-state index < -0.39 is 11.6 Å². The van der Waals surface area contributed by atoms with E-state index in [9.17, 15) is 8.78 Å². The highest BCUT2D eigenvalue weighted by atomic mass is 35.5. The maximum atomic E-state index is 13.6. The van der Waals surface area contributed by atoms with Crippen LogP contribution in [-0.2, 0) is 0 Å². The summed E-state index contributed by atoms with van der Waals surface area (Å²) >= 11 is 6.06. The minimum Gasteiger partial charge on any atom is -0.204 e. The third-order valence-electron chi connectivity index (χ3n) is 2.43. The van der Waals surface area contributed by atoms with Crippen LogP contribution in [-0.4, -0.2) is 0 Å². The summed E-state index contributed by atoms with van der Waals surface area (Å²) in [6.07, 6.45) is 0. The van der Waals surface area contributed by atoms with Crippen molar-refractivity contribution in [1.29, 1.82) is 0 Å². The Morgan fingerprint density at radius 3 is 2.31 bits per heavy atom. The first-order chi connectivity index (χ1) is 7.61. The Bertz CT molecular complexity index is 486. The number of hydrogen-bond donors (Lipinski definition) is 0. The van der Waals surface area contributed by atoms with Gasteiger partial charge in [0.25, 0.3) is 0 Å². The van der Waals surface area contributed by atoms with E-state index in [4.69, 9.17) is 11.6 Å². The summed E-state index contributed by atoms with van der Waals surface area (Å²) in [5, 5.41) is 0.451. The van der Waals surface area contributed by atoms with Crippen LogP contribution >= 0.6 is 11.6 Å². The molecular formula is C13H9ClF2. The quantitative estimate of drug-likeness (QED) is 0.682. The molecule has 0 nitrogen and oxygen atoms in total. The Hall–Kier alpha value is -1.41. The van der Waals surface area contributed by atoms with Crippen LogP contribution in [0.15, 0.2) is 36.4 Å². The molecule has 0 atom stereocenters. The minimum absolute atomic E-state index is 0.189. The average molecular weight is 239 g/mol. The molecule has 0 fully saturated rings. The molecule has 16 heavy (non-hydrogen) atoms. The molecule has 0 spiro atoms. The zero-order valence-electron chi connectivity index (χ0n) is 8.60. The molecule has 0 aliphatic heterocycles. The molecule has 2 aromatic carbocycles. The smallest absolute Gasteiger partial charge is 0.166 e. The van der Waals surface area contributed by atoms with Gasteiger partial charge in [-0.2, -0.15) is 0 Å². The van der Waals surface area contributed by atoms with Crippen LogP contribution in [0, 0.1) is 18.6 Å². The molecule has 0 aliphatic rings. The first-order valence-electron chi connectivity index (χ1n) is 4.80. The zero-order valence-corrected chi connectivity index (χ0v) is 9.35. The normalized spacial score (nSPS) is 10.5. The van der Waals surface area contributed by atoms with Crippen LogP contribution in [0.4, 0.5) is 8.78 Å². The Labute approximate surface area is 97.5 Å². The summed E-state index contributed by atoms with van der Waals surface area (Å²) in [6.45, 7) is 1.82. The fraction of sp³-hybridized carbons (Fsp3) is 0.0769. The average Bonchev–Trinajstić information content (AvgIpc) is 2.27. The number of hydrogen-bond acceptors (Lipinski definition) is 0. The van der Waals surface area contributed by atoms with Crippen LogP contribution < -0.4 is 0 Å². The fourth-order valence-electron chi connectivity index (χ4n) is 1.57. The van der Waals surface area contributed by atoms with Crippen molar-refractivity contribution in [3.63, 3.8) is 0 Å². The van der Waals surface area contributed by atoms with Crippen LogP contribution in [0.2, 0.25) is 5.02 Å². The Balaban J connectivity index is 2.68. The highest BCUT2D eigenvalue weighted by Gasteiger charge is 2.12. The van der Waals surface area contributed by atoms with E-state index in [0.717, 1.165) is 11.6 Å².